The molecule has 0 spiro atoms. The molecule has 1 aliphatic rings. The maximum absolute atomic E-state index is 5.83. The topological polar surface area (TPSA) is 29.3 Å². The Balaban J connectivity index is 2.42. The molecule has 1 atom stereocenters. The van der Waals surface area contributed by atoms with Gasteiger partial charge in [0, 0.05) is 12.6 Å². The second kappa shape index (κ2) is 2.88. The van der Waals surface area contributed by atoms with E-state index in [1.54, 1.807) is 0 Å². The van der Waals surface area contributed by atoms with Crippen molar-refractivity contribution < 1.29 is 0 Å². The Morgan fingerprint density at radius 1 is 1.42 bits per heavy atom. The summed E-state index contributed by atoms with van der Waals surface area (Å²) in [5.74, 6) is 5.83. The van der Waals surface area contributed by atoms with E-state index in [4.69, 9.17) is 5.84 Å². The molecule has 0 fully saturated rings. The van der Waals surface area contributed by atoms with Gasteiger partial charge in [-0.2, -0.15) is 0 Å². The lowest BCUT2D eigenvalue weighted by Crippen LogP contribution is -2.39. The maximum Gasteiger partial charge on any atom is 0.0465 e. The van der Waals surface area contributed by atoms with Crippen LogP contribution in [0.25, 0.3) is 0 Å². The summed E-state index contributed by atoms with van der Waals surface area (Å²) in [5.41, 5.74) is 2.83. The summed E-state index contributed by atoms with van der Waals surface area (Å²) >= 11 is 0. The average Bonchev–Trinajstić information content (AvgIpc) is 2.12. The lowest BCUT2D eigenvalue weighted by Gasteiger charge is -2.31. The molecule has 0 saturated heterocycles. The van der Waals surface area contributed by atoms with Crippen LogP contribution in [-0.4, -0.2) is 11.6 Å². The molecule has 2 N–H and O–H groups in total. The van der Waals surface area contributed by atoms with Gasteiger partial charge in [-0.05, 0) is 24.5 Å². The summed E-state index contributed by atoms with van der Waals surface area (Å²) in [6.07, 6.45) is 1.08. The SMILES string of the molecule is C[C@@H]1c2ccccc2CCN1N. The fraction of sp³-hybridized carbons (Fsp3) is 0.400. The van der Waals surface area contributed by atoms with E-state index in [1.807, 2.05) is 5.01 Å². The zero-order valence-corrected chi connectivity index (χ0v) is 7.33. The fourth-order valence-corrected chi connectivity index (χ4v) is 1.79. The van der Waals surface area contributed by atoms with Gasteiger partial charge in [0.25, 0.3) is 0 Å². The number of hydrogen-bond acceptors (Lipinski definition) is 2. The lowest BCUT2D eigenvalue weighted by atomic mass is 9.95. The highest BCUT2D eigenvalue weighted by Gasteiger charge is 2.19. The normalized spacial score (nSPS) is 23.7. The van der Waals surface area contributed by atoms with Gasteiger partial charge in [0.15, 0.2) is 0 Å². The van der Waals surface area contributed by atoms with E-state index in [1.165, 1.54) is 11.1 Å². The number of benzene rings is 1. The van der Waals surface area contributed by atoms with Crippen LogP contribution >= 0.6 is 0 Å². The summed E-state index contributed by atoms with van der Waals surface area (Å²) < 4.78 is 0. The predicted octanol–water partition coefficient (Wildman–Crippen LogP) is 1.48. The Morgan fingerprint density at radius 2 is 2.17 bits per heavy atom. The molecule has 12 heavy (non-hydrogen) atoms. The summed E-state index contributed by atoms with van der Waals surface area (Å²) in [6, 6.07) is 8.90. The molecule has 2 rings (SSSR count). The van der Waals surface area contributed by atoms with Gasteiger partial charge in [0.05, 0.1) is 0 Å². The van der Waals surface area contributed by atoms with Crippen LogP contribution < -0.4 is 5.84 Å². The van der Waals surface area contributed by atoms with Crippen LogP contribution in [0.15, 0.2) is 24.3 Å². The van der Waals surface area contributed by atoms with Crippen molar-refractivity contribution in [1.29, 1.82) is 0 Å². The van der Waals surface area contributed by atoms with Crippen molar-refractivity contribution in [1.82, 2.24) is 5.01 Å². The first-order chi connectivity index (χ1) is 5.79. The predicted molar refractivity (Wildman–Crippen MR) is 49.5 cm³/mol. The molecule has 1 aliphatic heterocycles. The van der Waals surface area contributed by atoms with Crippen LogP contribution in [0.2, 0.25) is 0 Å². The van der Waals surface area contributed by atoms with E-state index in [0.717, 1.165) is 13.0 Å². The molecule has 0 aliphatic carbocycles. The van der Waals surface area contributed by atoms with Crippen LogP contribution in [0.4, 0.5) is 0 Å². The van der Waals surface area contributed by atoms with Crippen LogP contribution in [0, 0.1) is 0 Å². The van der Waals surface area contributed by atoms with Crippen LogP contribution in [0.3, 0.4) is 0 Å². The highest BCUT2D eigenvalue weighted by atomic mass is 15.4. The van der Waals surface area contributed by atoms with Gasteiger partial charge in [0.1, 0.15) is 0 Å². The van der Waals surface area contributed by atoms with Gasteiger partial charge >= 0.3 is 0 Å². The van der Waals surface area contributed by atoms with E-state index in [2.05, 4.69) is 31.2 Å². The van der Waals surface area contributed by atoms with Crippen molar-refractivity contribution >= 4 is 0 Å². The number of hydrogen-bond donors (Lipinski definition) is 1. The monoisotopic (exact) mass is 162 g/mol. The number of rotatable bonds is 0. The molecule has 0 aromatic heterocycles. The molecule has 1 aromatic carbocycles. The third kappa shape index (κ3) is 1.13. The minimum atomic E-state index is 0.370. The quantitative estimate of drug-likeness (QED) is 0.585. The highest BCUT2D eigenvalue weighted by Crippen LogP contribution is 2.26. The molecule has 0 saturated carbocycles. The van der Waals surface area contributed by atoms with Crippen LogP contribution in [0.1, 0.15) is 24.1 Å². The van der Waals surface area contributed by atoms with Gasteiger partial charge < -0.3 is 0 Å². The third-order valence-electron chi connectivity index (χ3n) is 2.64. The molecule has 0 radical (unpaired) electrons. The minimum absolute atomic E-state index is 0.370. The zero-order chi connectivity index (χ0) is 8.55. The maximum atomic E-state index is 5.83. The van der Waals surface area contributed by atoms with E-state index in [-0.39, 0.29) is 0 Å². The molecule has 0 amide bonds. The standard InChI is InChI=1S/C10H14N2/c1-8-10-5-3-2-4-9(10)6-7-12(8)11/h2-5,8H,6-7,11H2,1H3/t8-/m1/s1. The first-order valence-corrected chi connectivity index (χ1v) is 4.38. The summed E-state index contributed by atoms with van der Waals surface area (Å²) in [7, 11) is 0. The first-order valence-electron chi connectivity index (χ1n) is 4.38. The Morgan fingerprint density at radius 3 is 3.00 bits per heavy atom. The van der Waals surface area contributed by atoms with Crippen LogP contribution in [-0.2, 0) is 6.42 Å². The Kier molecular flexibility index (Phi) is 1.87. The minimum Gasteiger partial charge on any atom is -0.268 e. The van der Waals surface area contributed by atoms with Gasteiger partial charge in [-0.15, -0.1) is 0 Å². The molecule has 0 unspecified atom stereocenters. The first kappa shape index (κ1) is 7.77. The zero-order valence-electron chi connectivity index (χ0n) is 7.33. The van der Waals surface area contributed by atoms with E-state index >= 15 is 0 Å². The third-order valence-corrected chi connectivity index (χ3v) is 2.64. The molecular formula is C10H14N2. The second-order valence-electron chi connectivity index (χ2n) is 3.36. The average molecular weight is 162 g/mol. The van der Waals surface area contributed by atoms with Gasteiger partial charge in [-0.25, -0.2) is 5.01 Å². The van der Waals surface area contributed by atoms with Crippen molar-refractivity contribution in [2.45, 2.75) is 19.4 Å². The Labute approximate surface area is 73.0 Å². The molecule has 2 heteroatoms. The van der Waals surface area contributed by atoms with Crippen molar-refractivity contribution in [3.63, 3.8) is 0 Å². The molecule has 64 valence electrons. The van der Waals surface area contributed by atoms with E-state index < -0.39 is 0 Å². The highest BCUT2D eigenvalue weighted by molar-refractivity contribution is 5.31. The van der Waals surface area contributed by atoms with Gasteiger partial charge in [-0.1, -0.05) is 24.3 Å². The van der Waals surface area contributed by atoms with E-state index in [0.29, 0.717) is 6.04 Å². The second-order valence-corrected chi connectivity index (χ2v) is 3.36. The smallest absolute Gasteiger partial charge is 0.0465 e. The fourth-order valence-electron chi connectivity index (χ4n) is 1.79. The Hall–Kier alpha value is -0.860. The summed E-state index contributed by atoms with van der Waals surface area (Å²) in [5, 5.41) is 1.91. The number of hydrazine groups is 1. The molecule has 2 nitrogen and oxygen atoms in total. The lowest BCUT2D eigenvalue weighted by molar-refractivity contribution is 0.204. The number of fused-ring (bicyclic) bond motifs is 1. The van der Waals surface area contributed by atoms with E-state index in [9.17, 15) is 0 Å². The molecule has 1 heterocycles. The van der Waals surface area contributed by atoms with Crippen molar-refractivity contribution in [2.75, 3.05) is 6.54 Å². The largest absolute Gasteiger partial charge is 0.268 e. The molecule has 1 aromatic rings. The van der Waals surface area contributed by atoms with Gasteiger partial charge in [0.2, 0.25) is 0 Å². The summed E-state index contributed by atoms with van der Waals surface area (Å²) in [6.45, 7) is 3.12. The Bertz CT molecular complexity index is 283. The molecular weight excluding hydrogens is 148 g/mol. The van der Waals surface area contributed by atoms with Crippen molar-refractivity contribution in [3.05, 3.63) is 35.4 Å². The summed E-state index contributed by atoms with van der Waals surface area (Å²) in [4.78, 5) is 0. The van der Waals surface area contributed by atoms with Crippen LogP contribution in [0.5, 0.6) is 0 Å². The van der Waals surface area contributed by atoms with Crippen molar-refractivity contribution in [3.8, 4) is 0 Å². The number of nitrogens with two attached hydrogens (primary N) is 1. The molecule has 0 bridgehead atoms. The number of nitrogens with zero attached hydrogens (tertiary/aromatic N) is 1. The van der Waals surface area contributed by atoms with Crippen molar-refractivity contribution in [2.24, 2.45) is 5.84 Å². The van der Waals surface area contributed by atoms with Gasteiger partial charge in [-0.3, -0.25) is 5.84 Å².